The van der Waals surface area contributed by atoms with Crippen LogP contribution in [0.1, 0.15) is 67.3 Å². The van der Waals surface area contributed by atoms with Gasteiger partial charge in [-0.2, -0.15) is 0 Å². The van der Waals surface area contributed by atoms with Crippen molar-refractivity contribution in [3.63, 3.8) is 0 Å². The molecular weight excluding hydrogens is 315 g/mol. The fourth-order valence-electron chi connectivity index (χ4n) is 4.54. The third kappa shape index (κ3) is 4.07. The van der Waals surface area contributed by atoms with Gasteiger partial charge in [0.1, 0.15) is 0 Å². The van der Waals surface area contributed by atoms with Crippen molar-refractivity contribution < 1.29 is 14.8 Å². The van der Waals surface area contributed by atoms with Crippen LogP contribution in [-0.4, -0.2) is 35.6 Å². The molecule has 136 valence electrons. The second-order valence-electron chi connectivity index (χ2n) is 7.76. The lowest BCUT2D eigenvalue weighted by atomic mass is 9.58. The van der Waals surface area contributed by atoms with Crippen LogP contribution in [-0.2, 0) is 5.41 Å². The molecule has 0 unspecified atom stereocenters. The highest BCUT2D eigenvalue weighted by Crippen LogP contribution is 2.51. The molecule has 2 bridgehead atoms. The van der Waals surface area contributed by atoms with E-state index < -0.39 is 13.1 Å². The highest BCUT2D eigenvalue weighted by Gasteiger charge is 2.41. The molecule has 3 aliphatic carbocycles. The molecule has 0 heterocycles. The van der Waals surface area contributed by atoms with Crippen molar-refractivity contribution >= 4 is 13.0 Å². The van der Waals surface area contributed by atoms with Gasteiger partial charge < -0.3 is 21.1 Å². The summed E-state index contributed by atoms with van der Waals surface area (Å²) in [4.78, 5) is 12.4. The van der Waals surface area contributed by atoms with Crippen LogP contribution >= 0.6 is 0 Å². The summed E-state index contributed by atoms with van der Waals surface area (Å²) < 4.78 is 0. The zero-order valence-electron chi connectivity index (χ0n) is 14.8. The SMILES string of the molecule is NCCC[C@H](NC(=O)c1ccc(C23CCC(CC2)CC3)cc1)B(O)O. The Morgan fingerprint density at radius 2 is 1.80 bits per heavy atom. The molecule has 0 aliphatic heterocycles. The minimum atomic E-state index is -1.58. The van der Waals surface area contributed by atoms with E-state index in [1.807, 2.05) is 12.1 Å². The Kier molecular flexibility index (Phi) is 5.82. The van der Waals surface area contributed by atoms with Gasteiger partial charge >= 0.3 is 7.12 Å². The summed E-state index contributed by atoms with van der Waals surface area (Å²) in [5, 5.41) is 21.5. The minimum absolute atomic E-state index is 0.272. The summed E-state index contributed by atoms with van der Waals surface area (Å²) >= 11 is 0. The Bertz CT molecular complexity index is 569. The van der Waals surface area contributed by atoms with Crippen molar-refractivity contribution in [1.29, 1.82) is 0 Å². The first kappa shape index (κ1) is 18.4. The van der Waals surface area contributed by atoms with Crippen LogP contribution < -0.4 is 11.1 Å². The van der Waals surface area contributed by atoms with E-state index in [4.69, 9.17) is 5.73 Å². The maximum atomic E-state index is 12.4. The van der Waals surface area contributed by atoms with Gasteiger partial charge in [-0.05, 0) is 86.9 Å². The van der Waals surface area contributed by atoms with Crippen LogP contribution in [0.5, 0.6) is 0 Å². The normalized spacial score (nSPS) is 26.3. The molecule has 3 saturated carbocycles. The fourth-order valence-corrected chi connectivity index (χ4v) is 4.54. The van der Waals surface area contributed by atoms with Gasteiger partial charge in [0.15, 0.2) is 0 Å². The standard InChI is InChI=1S/C19H29BN2O3/c21-13-1-2-17(20(24)25)22-18(23)15-3-5-16(6-4-15)19-10-7-14(8-11-19)9-12-19/h3-6,14,17,24-25H,1-2,7-13,21H2,(H,22,23)/t14?,17-,19?/m0/s1. The number of nitrogens with one attached hydrogen (secondary N) is 1. The van der Waals surface area contributed by atoms with Crippen molar-refractivity contribution in [3.05, 3.63) is 35.4 Å². The fraction of sp³-hybridized carbons (Fsp3) is 0.632. The van der Waals surface area contributed by atoms with Crippen LogP contribution in [0.25, 0.3) is 0 Å². The molecule has 3 aliphatic rings. The predicted octanol–water partition coefficient (Wildman–Crippen LogP) is 1.76. The smallest absolute Gasteiger partial charge is 0.426 e. The predicted molar refractivity (Wildman–Crippen MR) is 99.0 cm³/mol. The first-order valence-electron chi connectivity index (χ1n) is 9.52. The van der Waals surface area contributed by atoms with E-state index in [0.717, 1.165) is 5.92 Å². The quantitative estimate of drug-likeness (QED) is 0.567. The first-order chi connectivity index (χ1) is 12.0. The van der Waals surface area contributed by atoms with Gasteiger partial charge in [-0.3, -0.25) is 4.79 Å². The molecule has 4 rings (SSSR count). The molecule has 5 nitrogen and oxygen atoms in total. The number of hydrogen-bond acceptors (Lipinski definition) is 4. The van der Waals surface area contributed by atoms with E-state index in [9.17, 15) is 14.8 Å². The molecule has 25 heavy (non-hydrogen) atoms. The molecule has 0 saturated heterocycles. The number of nitrogens with two attached hydrogens (primary N) is 1. The van der Waals surface area contributed by atoms with Crippen LogP contribution in [0.15, 0.2) is 24.3 Å². The van der Waals surface area contributed by atoms with E-state index in [2.05, 4.69) is 17.4 Å². The van der Waals surface area contributed by atoms with Crippen LogP contribution in [0.4, 0.5) is 0 Å². The monoisotopic (exact) mass is 344 g/mol. The lowest BCUT2D eigenvalue weighted by Crippen LogP contribution is -2.46. The molecular formula is C19H29BN2O3. The Labute approximate surface area is 150 Å². The van der Waals surface area contributed by atoms with Gasteiger partial charge in [0.25, 0.3) is 5.91 Å². The van der Waals surface area contributed by atoms with Crippen molar-refractivity contribution in [3.8, 4) is 0 Å². The highest BCUT2D eigenvalue weighted by atomic mass is 16.4. The molecule has 3 fully saturated rings. The Morgan fingerprint density at radius 1 is 1.20 bits per heavy atom. The van der Waals surface area contributed by atoms with Crippen LogP contribution in [0, 0.1) is 5.92 Å². The molecule has 0 spiro atoms. The summed E-state index contributed by atoms with van der Waals surface area (Å²) in [6.45, 7) is 0.455. The lowest BCUT2D eigenvalue weighted by molar-refractivity contribution is 0.0940. The van der Waals surface area contributed by atoms with E-state index in [0.29, 0.717) is 30.4 Å². The van der Waals surface area contributed by atoms with Crippen LogP contribution in [0.2, 0.25) is 0 Å². The zero-order chi connectivity index (χ0) is 17.9. The maximum Gasteiger partial charge on any atom is 0.475 e. The summed E-state index contributed by atoms with van der Waals surface area (Å²) in [5.41, 5.74) is 7.68. The van der Waals surface area contributed by atoms with Gasteiger partial charge in [0.05, 0.1) is 5.94 Å². The molecule has 1 aromatic rings. The molecule has 0 aromatic heterocycles. The highest BCUT2D eigenvalue weighted by molar-refractivity contribution is 6.43. The molecule has 1 aromatic carbocycles. The maximum absolute atomic E-state index is 12.4. The largest absolute Gasteiger partial charge is 0.475 e. The number of benzene rings is 1. The number of fused-ring (bicyclic) bond motifs is 3. The first-order valence-corrected chi connectivity index (χ1v) is 9.52. The summed E-state index contributed by atoms with van der Waals surface area (Å²) in [7, 11) is -1.58. The van der Waals surface area contributed by atoms with E-state index in [-0.39, 0.29) is 5.91 Å². The molecule has 1 amide bonds. The average Bonchev–Trinajstić information content (AvgIpc) is 2.66. The Morgan fingerprint density at radius 3 is 2.32 bits per heavy atom. The summed E-state index contributed by atoms with van der Waals surface area (Å²) in [6, 6.07) is 7.91. The molecule has 5 N–H and O–H groups in total. The summed E-state index contributed by atoms with van der Waals surface area (Å²) in [5.74, 6) is -0.0308. The van der Waals surface area contributed by atoms with Crippen molar-refractivity contribution in [2.75, 3.05) is 6.54 Å². The van der Waals surface area contributed by atoms with Gasteiger partial charge in [0.2, 0.25) is 0 Å². The van der Waals surface area contributed by atoms with Crippen LogP contribution in [0.3, 0.4) is 0 Å². The second kappa shape index (κ2) is 7.89. The number of carbonyl (C=O) groups is 1. The van der Waals surface area contributed by atoms with E-state index in [1.165, 1.54) is 44.1 Å². The second-order valence-corrected chi connectivity index (χ2v) is 7.76. The van der Waals surface area contributed by atoms with Crippen molar-refractivity contribution in [1.82, 2.24) is 5.32 Å². The molecule has 0 radical (unpaired) electrons. The van der Waals surface area contributed by atoms with Gasteiger partial charge in [-0.15, -0.1) is 0 Å². The van der Waals surface area contributed by atoms with E-state index in [1.54, 1.807) is 0 Å². The van der Waals surface area contributed by atoms with Gasteiger partial charge in [-0.1, -0.05) is 12.1 Å². The number of amides is 1. The third-order valence-electron chi connectivity index (χ3n) is 6.25. The van der Waals surface area contributed by atoms with Gasteiger partial charge in [0, 0.05) is 5.56 Å². The molecule has 6 heteroatoms. The Hall–Kier alpha value is -1.37. The number of carbonyl (C=O) groups excluding carboxylic acids is 1. The summed E-state index contributed by atoms with van der Waals surface area (Å²) in [6.07, 6.45) is 8.87. The zero-order valence-corrected chi connectivity index (χ0v) is 14.8. The number of rotatable bonds is 7. The molecule has 1 atom stereocenters. The lowest BCUT2D eigenvalue weighted by Gasteiger charge is -2.47. The minimum Gasteiger partial charge on any atom is -0.426 e. The van der Waals surface area contributed by atoms with Crippen molar-refractivity contribution in [2.45, 2.75) is 62.7 Å². The Balaban J connectivity index is 1.66. The van der Waals surface area contributed by atoms with E-state index >= 15 is 0 Å². The van der Waals surface area contributed by atoms with Gasteiger partial charge in [-0.25, -0.2) is 0 Å². The topological polar surface area (TPSA) is 95.6 Å². The third-order valence-corrected chi connectivity index (χ3v) is 6.25. The number of hydrogen-bond donors (Lipinski definition) is 4. The average molecular weight is 344 g/mol. The van der Waals surface area contributed by atoms with Crippen molar-refractivity contribution in [2.24, 2.45) is 11.7 Å².